The van der Waals surface area contributed by atoms with Crippen LogP contribution in [-0.4, -0.2) is 36.6 Å². The molecule has 1 fully saturated rings. The van der Waals surface area contributed by atoms with Crippen LogP contribution in [0.5, 0.6) is 0 Å². The molecule has 4 nitrogen and oxygen atoms in total. The standard InChI is InChI=1S/C12H17NO3/c1-10-9-15-8-6-13(10)12(14)5-4-11-3-2-7-16-11/h2-3,7,10H,4-6,8-9H2,1H3/t10-/m1/s1. The third-order valence-electron chi connectivity index (χ3n) is 2.85. The molecule has 0 N–H and O–H groups in total. The highest BCUT2D eigenvalue weighted by atomic mass is 16.5. The molecule has 0 bridgehead atoms. The molecule has 1 aliphatic rings. The minimum Gasteiger partial charge on any atom is -0.469 e. The second-order valence-electron chi connectivity index (χ2n) is 4.09. The van der Waals surface area contributed by atoms with Crippen molar-refractivity contribution < 1.29 is 13.9 Å². The highest BCUT2D eigenvalue weighted by Gasteiger charge is 2.23. The van der Waals surface area contributed by atoms with Crippen molar-refractivity contribution in [2.75, 3.05) is 19.8 Å². The molecule has 2 heterocycles. The molecule has 0 saturated carbocycles. The van der Waals surface area contributed by atoms with Gasteiger partial charge in [-0.15, -0.1) is 0 Å². The van der Waals surface area contributed by atoms with Gasteiger partial charge in [-0.05, 0) is 19.1 Å². The third kappa shape index (κ3) is 2.64. The van der Waals surface area contributed by atoms with Crippen LogP contribution in [0.2, 0.25) is 0 Å². The predicted octanol–water partition coefficient (Wildman–Crippen LogP) is 1.46. The SMILES string of the molecule is C[C@@H]1COCCN1C(=O)CCc1ccco1. The van der Waals surface area contributed by atoms with E-state index in [0.29, 0.717) is 32.6 Å². The summed E-state index contributed by atoms with van der Waals surface area (Å²) < 4.78 is 10.5. The van der Waals surface area contributed by atoms with Crippen molar-refractivity contribution in [1.82, 2.24) is 4.90 Å². The lowest BCUT2D eigenvalue weighted by atomic mass is 10.2. The molecule has 4 heteroatoms. The molecular formula is C12H17NO3. The summed E-state index contributed by atoms with van der Waals surface area (Å²) in [5.74, 6) is 1.06. The monoisotopic (exact) mass is 223 g/mol. The highest BCUT2D eigenvalue weighted by molar-refractivity contribution is 5.76. The van der Waals surface area contributed by atoms with Gasteiger partial charge in [0.15, 0.2) is 0 Å². The Labute approximate surface area is 95.2 Å². The van der Waals surface area contributed by atoms with Gasteiger partial charge in [-0.1, -0.05) is 0 Å². The molecule has 1 amide bonds. The van der Waals surface area contributed by atoms with E-state index in [4.69, 9.17) is 9.15 Å². The molecule has 0 unspecified atom stereocenters. The Morgan fingerprint density at radius 2 is 2.50 bits per heavy atom. The lowest BCUT2D eigenvalue weighted by Gasteiger charge is -2.33. The number of carbonyl (C=O) groups is 1. The first-order valence-corrected chi connectivity index (χ1v) is 5.67. The molecule has 0 radical (unpaired) electrons. The van der Waals surface area contributed by atoms with Crippen molar-refractivity contribution in [2.24, 2.45) is 0 Å². The van der Waals surface area contributed by atoms with Crippen molar-refractivity contribution in [3.63, 3.8) is 0 Å². The number of hydrogen-bond donors (Lipinski definition) is 0. The smallest absolute Gasteiger partial charge is 0.223 e. The van der Waals surface area contributed by atoms with Gasteiger partial charge in [0.1, 0.15) is 5.76 Å². The summed E-state index contributed by atoms with van der Waals surface area (Å²) in [5.41, 5.74) is 0. The Kier molecular flexibility index (Phi) is 3.62. The van der Waals surface area contributed by atoms with Gasteiger partial charge in [0, 0.05) is 19.4 Å². The van der Waals surface area contributed by atoms with Crippen LogP contribution in [0.15, 0.2) is 22.8 Å². The first-order chi connectivity index (χ1) is 7.77. The van der Waals surface area contributed by atoms with Crippen LogP contribution >= 0.6 is 0 Å². The summed E-state index contributed by atoms with van der Waals surface area (Å²) in [6, 6.07) is 3.94. The van der Waals surface area contributed by atoms with Crippen LogP contribution in [-0.2, 0) is 16.0 Å². The number of carbonyl (C=O) groups excluding carboxylic acids is 1. The summed E-state index contributed by atoms with van der Waals surface area (Å²) in [6.07, 6.45) is 2.82. The highest BCUT2D eigenvalue weighted by Crippen LogP contribution is 2.10. The predicted molar refractivity (Wildman–Crippen MR) is 59.0 cm³/mol. The Bertz CT molecular complexity index is 334. The van der Waals surface area contributed by atoms with Gasteiger partial charge in [0.05, 0.1) is 25.5 Å². The number of hydrogen-bond acceptors (Lipinski definition) is 3. The van der Waals surface area contributed by atoms with Gasteiger partial charge in [-0.2, -0.15) is 0 Å². The number of aryl methyl sites for hydroxylation is 1. The molecule has 1 aromatic heterocycles. The molecule has 0 aliphatic carbocycles. The Balaban J connectivity index is 1.83. The van der Waals surface area contributed by atoms with Crippen LogP contribution in [0.4, 0.5) is 0 Å². The van der Waals surface area contributed by atoms with E-state index in [1.807, 2.05) is 24.0 Å². The normalized spacial score (nSPS) is 21.1. The minimum absolute atomic E-state index is 0.187. The maximum atomic E-state index is 11.9. The quantitative estimate of drug-likeness (QED) is 0.779. The Hall–Kier alpha value is -1.29. The van der Waals surface area contributed by atoms with Gasteiger partial charge in [0.25, 0.3) is 0 Å². The maximum absolute atomic E-state index is 11.9. The first kappa shape index (κ1) is 11.2. The molecule has 16 heavy (non-hydrogen) atoms. The summed E-state index contributed by atoms with van der Waals surface area (Å²) in [6.45, 7) is 4.02. The number of furan rings is 1. The van der Waals surface area contributed by atoms with Crippen LogP contribution in [0.1, 0.15) is 19.1 Å². The summed E-state index contributed by atoms with van der Waals surface area (Å²) in [5, 5.41) is 0. The average molecular weight is 223 g/mol. The van der Waals surface area contributed by atoms with Gasteiger partial charge >= 0.3 is 0 Å². The van der Waals surface area contributed by atoms with Crippen molar-refractivity contribution in [3.8, 4) is 0 Å². The molecular weight excluding hydrogens is 206 g/mol. The Morgan fingerprint density at radius 3 is 3.19 bits per heavy atom. The molecule has 2 rings (SSSR count). The van der Waals surface area contributed by atoms with Crippen molar-refractivity contribution in [3.05, 3.63) is 24.2 Å². The summed E-state index contributed by atoms with van der Waals surface area (Å²) >= 11 is 0. The molecule has 1 aliphatic heterocycles. The van der Waals surface area contributed by atoms with E-state index in [2.05, 4.69) is 0 Å². The fourth-order valence-electron chi connectivity index (χ4n) is 1.93. The van der Waals surface area contributed by atoms with Gasteiger partial charge < -0.3 is 14.1 Å². The molecule has 1 saturated heterocycles. The van der Waals surface area contributed by atoms with Crippen LogP contribution < -0.4 is 0 Å². The van der Waals surface area contributed by atoms with Crippen LogP contribution in [0.25, 0.3) is 0 Å². The molecule has 0 spiro atoms. The number of rotatable bonds is 3. The molecule has 88 valence electrons. The minimum atomic E-state index is 0.187. The number of nitrogens with zero attached hydrogens (tertiary/aromatic N) is 1. The van der Waals surface area contributed by atoms with E-state index < -0.39 is 0 Å². The van der Waals surface area contributed by atoms with Crippen molar-refractivity contribution >= 4 is 5.91 Å². The van der Waals surface area contributed by atoms with E-state index in [1.54, 1.807) is 6.26 Å². The number of amides is 1. The van der Waals surface area contributed by atoms with Crippen molar-refractivity contribution in [2.45, 2.75) is 25.8 Å². The zero-order valence-electron chi connectivity index (χ0n) is 9.52. The maximum Gasteiger partial charge on any atom is 0.223 e. The van der Waals surface area contributed by atoms with E-state index >= 15 is 0 Å². The Morgan fingerprint density at radius 1 is 1.62 bits per heavy atom. The number of morpholine rings is 1. The molecule has 1 aromatic rings. The average Bonchev–Trinajstić information content (AvgIpc) is 2.79. The molecule has 0 aromatic carbocycles. The first-order valence-electron chi connectivity index (χ1n) is 5.67. The van der Waals surface area contributed by atoms with E-state index in [0.717, 1.165) is 5.76 Å². The lowest BCUT2D eigenvalue weighted by molar-refractivity contribution is -0.139. The lowest BCUT2D eigenvalue weighted by Crippen LogP contribution is -2.47. The molecule has 1 atom stereocenters. The van der Waals surface area contributed by atoms with Gasteiger partial charge in [-0.3, -0.25) is 4.79 Å². The van der Waals surface area contributed by atoms with E-state index in [1.165, 1.54) is 0 Å². The second kappa shape index (κ2) is 5.16. The van der Waals surface area contributed by atoms with E-state index in [9.17, 15) is 4.79 Å². The van der Waals surface area contributed by atoms with Gasteiger partial charge in [0.2, 0.25) is 5.91 Å². The largest absolute Gasteiger partial charge is 0.469 e. The van der Waals surface area contributed by atoms with Crippen LogP contribution in [0.3, 0.4) is 0 Å². The summed E-state index contributed by atoms with van der Waals surface area (Å²) in [4.78, 5) is 13.8. The van der Waals surface area contributed by atoms with Crippen molar-refractivity contribution in [1.29, 1.82) is 0 Å². The fourth-order valence-corrected chi connectivity index (χ4v) is 1.93. The van der Waals surface area contributed by atoms with E-state index in [-0.39, 0.29) is 11.9 Å². The third-order valence-corrected chi connectivity index (χ3v) is 2.85. The number of ether oxygens (including phenoxy) is 1. The topological polar surface area (TPSA) is 42.7 Å². The zero-order chi connectivity index (χ0) is 11.4. The van der Waals surface area contributed by atoms with Crippen LogP contribution in [0, 0.1) is 0 Å². The fraction of sp³-hybridized carbons (Fsp3) is 0.583. The summed E-state index contributed by atoms with van der Waals surface area (Å²) in [7, 11) is 0. The second-order valence-corrected chi connectivity index (χ2v) is 4.09. The van der Waals surface area contributed by atoms with Gasteiger partial charge in [-0.25, -0.2) is 0 Å². The zero-order valence-corrected chi connectivity index (χ0v) is 9.52.